The summed E-state index contributed by atoms with van der Waals surface area (Å²) in [5.41, 5.74) is 8.51. The maximum Gasteiger partial charge on any atom is 0.144 e. The predicted octanol–water partition coefficient (Wildman–Crippen LogP) is 8.04. The zero-order valence-corrected chi connectivity index (χ0v) is 24.1. The second-order valence-corrected chi connectivity index (χ2v) is 9.75. The fourth-order valence-electron chi connectivity index (χ4n) is 5.23. The number of anilines is 5. The molecular weight excluding hydrogens is 651 g/mol. The normalized spacial score (nSPS) is 12.3. The van der Waals surface area contributed by atoms with Crippen LogP contribution < -0.4 is 9.80 Å². The number of benzene rings is 3. The van der Waals surface area contributed by atoms with Crippen molar-refractivity contribution < 1.29 is 26.2 Å². The van der Waals surface area contributed by atoms with E-state index in [0.29, 0.717) is 11.4 Å². The van der Waals surface area contributed by atoms with Crippen LogP contribution in [0.4, 0.5) is 28.6 Å². The third-order valence-corrected chi connectivity index (χ3v) is 7.19. The third kappa shape index (κ3) is 4.15. The number of rotatable bonds is 4. The van der Waals surface area contributed by atoms with E-state index in [1.807, 2.05) is 36.5 Å². The van der Waals surface area contributed by atoms with Gasteiger partial charge in [-0.1, -0.05) is 57.2 Å². The molecule has 0 unspecified atom stereocenters. The Balaban J connectivity index is 0.00000294. The van der Waals surface area contributed by atoms with E-state index in [2.05, 4.69) is 91.1 Å². The summed E-state index contributed by atoms with van der Waals surface area (Å²) in [6.07, 6.45) is 2.56. The number of aryl methyl sites for hydroxylation is 1. The maximum atomic E-state index is 11.1. The summed E-state index contributed by atoms with van der Waals surface area (Å²) in [5.74, 6) is 1.43. The first-order valence-electron chi connectivity index (χ1n) is 12.7. The van der Waals surface area contributed by atoms with Crippen LogP contribution >= 0.6 is 0 Å². The molecule has 3 heterocycles. The Hall–Kier alpha value is -3.69. The number of phenols is 1. The molecule has 0 amide bonds. The van der Waals surface area contributed by atoms with Crippen LogP contribution in [-0.2, 0) is 27.5 Å². The first kappa shape index (κ1) is 25.9. The molecule has 0 saturated heterocycles. The fourth-order valence-corrected chi connectivity index (χ4v) is 5.23. The van der Waals surface area contributed by atoms with Crippen molar-refractivity contribution in [3.8, 4) is 17.0 Å². The van der Waals surface area contributed by atoms with Crippen molar-refractivity contribution in [1.29, 1.82) is 0 Å². The van der Waals surface area contributed by atoms with Gasteiger partial charge in [-0.3, -0.25) is 4.98 Å². The second-order valence-electron chi connectivity index (χ2n) is 9.75. The zero-order chi connectivity index (χ0) is 25.7. The first-order chi connectivity index (χ1) is 18.0. The van der Waals surface area contributed by atoms with Crippen LogP contribution in [0.15, 0.2) is 79.0 Å². The molecule has 2 aromatic heterocycles. The summed E-state index contributed by atoms with van der Waals surface area (Å²) >= 11 is 0. The average Bonchev–Trinajstić information content (AvgIpc) is 2.93. The zero-order valence-electron chi connectivity index (χ0n) is 21.8. The molecule has 194 valence electrons. The number of fused-ring (bicyclic) bond motifs is 3. The molecule has 6 rings (SSSR count). The van der Waals surface area contributed by atoms with E-state index in [1.165, 1.54) is 5.56 Å². The van der Waals surface area contributed by atoms with Crippen LogP contribution in [0.3, 0.4) is 0 Å². The number of aromatic hydroxyl groups is 1. The van der Waals surface area contributed by atoms with Gasteiger partial charge in [0.25, 0.3) is 0 Å². The van der Waals surface area contributed by atoms with Gasteiger partial charge in [-0.15, -0.1) is 23.8 Å². The van der Waals surface area contributed by atoms with Crippen LogP contribution in [0, 0.1) is 6.07 Å². The minimum absolute atomic E-state index is 0. The Labute approximate surface area is 238 Å². The third-order valence-electron chi connectivity index (χ3n) is 7.19. The SMILES string of the molecule is CCc1cc(C(C)C)c2ccc(-c3[c-]c4c(cc3)N(C)c3ccccc3N4c3ccccn3)nc2c1O.[Pt]. The Kier molecular flexibility index (Phi) is 6.98. The van der Waals surface area contributed by atoms with Gasteiger partial charge in [0.05, 0.1) is 11.4 Å². The number of hydrogen-bond donors (Lipinski definition) is 1. The number of phenolic OH excluding ortho intramolecular Hbond substituents is 1. The topological polar surface area (TPSA) is 52.5 Å². The van der Waals surface area contributed by atoms with E-state index >= 15 is 0 Å². The minimum atomic E-state index is 0. The summed E-state index contributed by atoms with van der Waals surface area (Å²) in [5, 5.41) is 12.1. The largest absolute Gasteiger partial charge is 0.505 e. The van der Waals surface area contributed by atoms with Gasteiger partial charge in [0.2, 0.25) is 0 Å². The Bertz CT molecular complexity index is 1630. The average molecular weight is 681 g/mol. The molecule has 0 fully saturated rings. The van der Waals surface area contributed by atoms with E-state index in [-0.39, 0.29) is 26.8 Å². The smallest absolute Gasteiger partial charge is 0.144 e. The second kappa shape index (κ2) is 10.2. The van der Waals surface area contributed by atoms with Gasteiger partial charge in [0.1, 0.15) is 17.1 Å². The molecule has 0 bridgehead atoms. The molecule has 0 spiro atoms. The Morgan fingerprint density at radius 3 is 2.39 bits per heavy atom. The molecule has 0 radical (unpaired) electrons. The van der Waals surface area contributed by atoms with Crippen molar-refractivity contribution in [3.63, 3.8) is 0 Å². The maximum absolute atomic E-state index is 11.1. The van der Waals surface area contributed by atoms with Crippen LogP contribution in [0.5, 0.6) is 5.75 Å². The first-order valence-corrected chi connectivity index (χ1v) is 12.7. The van der Waals surface area contributed by atoms with E-state index in [9.17, 15) is 5.11 Å². The summed E-state index contributed by atoms with van der Waals surface area (Å²) < 4.78 is 0. The van der Waals surface area contributed by atoms with Crippen molar-refractivity contribution >= 4 is 39.5 Å². The molecule has 1 aliphatic rings. The molecule has 38 heavy (non-hydrogen) atoms. The van der Waals surface area contributed by atoms with Gasteiger partial charge in [0.15, 0.2) is 0 Å². The molecule has 1 aliphatic heterocycles. The summed E-state index contributed by atoms with van der Waals surface area (Å²) in [6, 6.07) is 28.3. The minimum Gasteiger partial charge on any atom is -0.505 e. The summed E-state index contributed by atoms with van der Waals surface area (Å²) in [6.45, 7) is 6.42. The predicted molar refractivity (Wildman–Crippen MR) is 152 cm³/mol. The van der Waals surface area contributed by atoms with Gasteiger partial charge in [-0.25, -0.2) is 4.98 Å². The van der Waals surface area contributed by atoms with E-state index < -0.39 is 0 Å². The summed E-state index contributed by atoms with van der Waals surface area (Å²) in [4.78, 5) is 14.0. The number of hydrogen-bond acceptors (Lipinski definition) is 5. The quantitative estimate of drug-likeness (QED) is 0.195. The molecular formula is C32H29N4OPt-. The monoisotopic (exact) mass is 680 g/mol. The van der Waals surface area contributed by atoms with Gasteiger partial charge in [0, 0.05) is 39.7 Å². The molecule has 0 aliphatic carbocycles. The van der Waals surface area contributed by atoms with Crippen molar-refractivity contribution in [3.05, 3.63) is 96.2 Å². The molecule has 0 saturated carbocycles. The van der Waals surface area contributed by atoms with Crippen LogP contribution in [0.1, 0.15) is 37.8 Å². The number of aromatic nitrogens is 2. The summed E-state index contributed by atoms with van der Waals surface area (Å²) in [7, 11) is 2.08. The van der Waals surface area contributed by atoms with Crippen LogP contribution in [0.2, 0.25) is 0 Å². The molecule has 5 aromatic rings. The van der Waals surface area contributed by atoms with E-state index in [0.717, 1.165) is 57.2 Å². The van der Waals surface area contributed by atoms with Gasteiger partial charge in [-0.05, 0) is 64.8 Å². The van der Waals surface area contributed by atoms with Gasteiger partial charge >= 0.3 is 0 Å². The molecule has 5 nitrogen and oxygen atoms in total. The fraction of sp³-hybridized carbons (Fsp3) is 0.188. The molecule has 3 aromatic carbocycles. The Morgan fingerprint density at radius 1 is 0.921 bits per heavy atom. The van der Waals surface area contributed by atoms with E-state index in [1.54, 1.807) is 0 Å². The number of para-hydroxylation sites is 2. The van der Waals surface area contributed by atoms with Gasteiger partial charge < -0.3 is 14.9 Å². The van der Waals surface area contributed by atoms with Gasteiger partial charge in [-0.2, -0.15) is 0 Å². The van der Waals surface area contributed by atoms with Crippen molar-refractivity contribution in [2.24, 2.45) is 0 Å². The molecule has 6 heteroatoms. The van der Waals surface area contributed by atoms with Crippen molar-refractivity contribution in [1.82, 2.24) is 9.97 Å². The Morgan fingerprint density at radius 2 is 1.68 bits per heavy atom. The van der Waals surface area contributed by atoms with Crippen LogP contribution in [-0.4, -0.2) is 22.1 Å². The standard InChI is InChI=1S/C32H29N4O.Pt/c1-5-21-18-24(20(2)3)23-14-15-25(34-31(23)32(21)37)22-13-16-27-29(19-22)36(30-12-8-9-17-33-30)28-11-7-6-10-26(28)35(27)4;/h6-18,20,37H,5H2,1-4H3;/q-1;. The van der Waals surface area contributed by atoms with E-state index in [4.69, 9.17) is 4.98 Å². The van der Waals surface area contributed by atoms with Crippen molar-refractivity contribution in [2.45, 2.75) is 33.1 Å². The number of pyridine rings is 2. The van der Waals surface area contributed by atoms with Crippen molar-refractivity contribution in [2.75, 3.05) is 16.8 Å². The number of nitrogens with zero attached hydrogens (tertiary/aromatic N) is 4. The van der Waals surface area contributed by atoms with Crippen LogP contribution in [0.25, 0.3) is 22.2 Å². The molecule has 1 N–H and O–H groups in total. The molecule has 0 atom stereocenters.